The summed E-state index contributed by atoms with van der Waals surface area (Å²) < 4.78 is 0. The van der Waals surface area contributed by atoms with E-state index in [1.54, 1.807) is 6.07 Å². The standard InChI is InChI=1S/3C5H5.C5H.2ClH.2Fe.Sn/c4*1-2-4-5-3-1;;;;;/h3*1-5H;1H;2*1H;;;/q3*-1;-5;;;;;+2/p-2. The van der Waals surface area contributed by atoms with Gasteiger partial charge < -0.3 is 30.3 Å². The van der Waals surface area contributed by atoms with Crippen LogP contribution in [0.3, 0.4) is 0 Å². The van der Waals surface area contributed by atoms with Gasteiger partial charge in [-0.2, -0.15) is 54.6 Å². The molecule has 0 saturated heterocycles. The van der Waals surface area contributed by atoms with Crippen molar-refractivity contribution in [2.45, 2.75) is 0 Å². The van der Waals surface area contributed by atoms with Crippen molar-refractivity contribution in [3.8, 4) is 0 Å². The average molecular weight is 558 g/mol. The van der Waals surface area contributed by atoms with E-state index >= 15 is 0 Å². The Bertz CT molecular complexity index is 371. The number of hydrogen-bond acceptors (Lipinski definition) is 0. The maximum atomic E-state index is 4.93. The number of rotatable bonds is 0. The van der Waals surface area contributed by atoms with Crippen molar-refractivity contribution in [3.63, 3.8) is 0 Å². The molecule has 0 spiro atoms. The first-order chi connectivity index (χ1) is 11.4. The van der Waals surface area contributed by atoms with Crippen LogP contribution in [-0.2, 0) is 34.1 Å². The van der Waals surface area contributed by atoms with Crippen molar-refractivity contribution >= 4 is 36.7 Å². The Balaban J connectivity index is -0.000000240. The molecule has 138 valence electrons. The minimum Gasteiger partial charge on any atom is -0.999 e. The monoisotopic (exact) mass is 558 g/mol. The second-order valence-corrected chi connectivity index (χ2v) is 7.88. The maximum absolute atomic E-state index is 4.93. The zero-order valence-corrected chi connectivity index (χ0v) is 19.8. The van der Waals surface area contributed by atoms with E-state index in [0.717, 1.165) is 0 Å². The van der Waals surface area contributed by atoms with Crippen LogP contribution in [0.4, 0.5) is 0 Å². The van der Waals surface area contributed by atoms with Gasteiger partial charge in [0, 0.05) is 34.1 Å². The molecular weight excluding hydrogens is 542 g/mol. The molecule has 0 atom stereocenters. The molecule has 0 N–H and O–H groups in total. The predicted octanol–water partition coefficient (Wildman–Crippen LogP) is 5.82. The first kappa shape index (κ1) is 29.6. The summed E-state index contributed by atoms with van der Waals surface area (Å²) in [4.78, 5) is 0. The van der Waals surface area contributed by atoms with E-state index in [4.69, 9.17) is 17.8 Å². The topological polar surface area (TPSA) is 0 Å². The summed E-state index contributed by atoms with van der Waals surface area (Å²) in [7, 11) is 9.87. The van der Waals surface area contributed by atoms with E-state index in [1.807, 2.05) is 91.0 Å². The molecule has 25 heavy (non-hydrogen) atoms. The van der Waals surface area contributed by atoms with E-state index in [0.29, 0.717) is 0 Å². The van der Waals surface area contributed by atoms with Crippen molar-refractivity contribution < 1.29 is 34.1 Å². The molecule has 0 heterocycles. The fourth-order valence-electron chi connectivity index (χ4n) is 1.14. The third-order valence-electron chi connectivity index (χ3n) is 2.02. The van der Waals surface area contributed by atoms with Gasteiger partial charge in [0.15, 0.2) is 0 Å². The van der Waals surface area contributed by atoms with Crippen LogP contribution in [0.2, 0.25) is 0 Å². The molecule has 0 fully saturated rings. The summed E-state index contributed by atoms with van der Waals surface area (Å²) in [6.45, 7) is 0. The van der Waals surface area contributed by atoms with Crippen LogP contribution >= 0.6 is 17.8 Å². The van der Waals surface area contributed by atoms with E-state index in [-0.39, 0.29) is 34.1 Å². The zero-order valence-electron chi connectivity index (χ0n) is 13.2. The minimum atomic E-state index is -0.826. The van der Waals surface area contributed by atoms with Crippen molar-refractivity contribution in [2.24, 2.45) is 0 Å². The second kappa shape index (κ2) is 28.6. The fraction of sp³-hybridized carbons (Fsp3) is 0. The van der Waals surface area contributed by atoms with Crippen LogP contribution in [0.1, 0.15) is 0 Å². The summed E-state index contributed by atoms with van der Waals surface area (Å²) in [5.41, 5.74) is 0. The average Bonchev–Trinajstić information content (AvgIpc) is 3.47. The van der Waals surface area contributed by atoms with Crippen LogP contribution in [0.25, 0.3) is 0 Å². The molecule has 0 aromatic heterocycles. The SMILES string of the molecule is [Cl][Sn][Cl].[Fe].[Fe].[c-]1[c-][c-][cH-][c-]1.c1cc[cH-]c1.c1cc[cH-]c1.c1cc[cH-]c1. The van der Waals surface area contributed by atoms with Gasteiger partial charge in [-0.1, -0.05) is 0 Å². The van der Waals surface area contributed by atoms with Gasteiger partial charge in [-0.05, 0) is 0 Å². The molecule has 5 heteroatoms. The van der Waals surface area contributed by atoms with Gasteiger partial charge in [-0.15, -0.1) is 0 Å². The Morgan fingerprint density at radius 2 is 0.800 bits per heavy atom. The Hall–Kier alpha value is -0.182. The third kappa shape index (κ3) is 28.9. The first-order valence-corrected chi connectivity index (χ1v) is 13.9. The quantitative estimate of drug-likeness (QED) is 0.189. The molecule has 2 radical (unpaired) electrons. The van der Waals surface area contributed by atoms with Crippen molar-refractivity contribution in [1.82, 2.24) is 0 Å². The summed E-state index contributed by atoms with van der Waals surface area (Å²) in [5, 5.41) is 0. The van der Waals surface area contributed by atoms with E-state index in [9.17, 15) is 0 Å². The molecule has 0 unspecified atom stereocenters. The third-order valence-corrected chi connectivity index (χ3v) is 2.02. The van der Waals surface area contributed by atoms with Gasteiger partial charge in [0.2, 0.25) is 0 Å². The smallest absolute Gasteiger partial charge is 0 e. The van der Waals surface area contributed by atoms with Gasteiger partial charge in [0.1, 0.15) is 0 Å². The molecule has 0 aliphatic rings. The number of halogens is 2. The van der Waals surface area contributed by atoms with Crippen LogP contribution < -0.4 is 0 Å². The first-order valence-electron chi connectivity index (χ1n) is 6.71. The maximum Gasteiger partial charge on any atom is 0 e. The second-order valence-electron chi connectivity index (χ2n) is 3.64. The van der Waals surface area contributed by atoms with Gasteiger partial charge in [-0.3, -0.25) is 0 Å². The Labute approximate surface area is 190 Å². The van der Waals surface area contributed by atoms with Crippen LogP contribution in [0.5, 0.6) is 0 Å². The van der Waals surface area contributed by atoms with Gasteiger partial charge in [-0.25, -0.2) is 36.4 Å². The summed E-state index contributed by atoms with van der Waals surface area (Å²) in [6.07, 6.45) is 0. The van der Waals surface area contributed by atoms with Gasteiger partial charge >= 0.3 is 36.7 Å². The molecular formula is C20H16Cl2Fe2Sn-8. The van der Waals surface area contributed by atoms with E-state index < -0.39 is 18.9 Å². The fourth-order valence-corrected chi connectivity index (χ4v) is 1.14. The Kier molecular flexibility index (Phi) is 33.9. The van der Waals surface area contributed by atoms with Crippen molar-refractivity contribution in [1.29, 1.82) is 0 Å². The van der Waals surface area contributed by atoms with Crippen molar-refractivity contribution in [2.75, 3.05) is 0 Å². The predicted molar refractivity (Wildman–Crippen MR) is 101 cm³/mol. The van der Waals surface area contributed by atoms with Crippen LogP contribution in [0.15, 0.2) is 97.1 Å². The summed E-state index contributed by atoms with van der Waals surface area (Å²) in [6, 6.07) is 42.0. The Morgan fingerprint density at radius 3 is 0.880 bits per heavy atom. The molecule has 0 nitrogen and oxygen atoms in total. The molecule has 0 bridgehead atoms. The number of hydrogen-bond donors (Lipinski definition) is 0. The minimum absolute atomic E-state index is 0. The zero-order chi connectivity index (χ0) is 16.8. The largest absolute Gasteiger partial charge is 0.999 e. The van der Waals surface area contributed by atoms with Crippen molar-refractivity contribution in [3.05, 3.63) is 121 Å². The molecule has 4 aromatic rings. The van der Waals surface area contributed by atoms with Crippen LogP contribution in [0, 0.1) is 24.3 Å². The molecule has 4 rings (SSSR count). The van der Waals surface area contributed by atoms with E-state index in [1.165, 1.54) is 0 Å². The molecule has 0 amide bonds. The normalized spacial score (nSPS) is 7.12. The molecule has 0 aliphatic heterocycles. The van der Waals surface area contributed by atoms with Gasteiger partial charge in [0.05, 0.1) is 0 Å². The summed E-state index contributed by atoms with van der Waals surface area (Å²) in [5.74, 6) is 0. The van der Waals surface area contributed by atoms with Crippen LogP contribution in [-0.4, -0.2) is 18.9 Å². The Morgan fingerprint density at radius 1 is 0.560 bits per heavy atom. The van der Waals surface area contributed by atoms with Gasteiger partial charge in [0.25, 0.3) is 0 Å². The van der Waals surface area contributed by atoms with E-state index in [2.05, 4.69) is 24.3 Å². The summed E-state index contributed by atoms with van der Waals surface area (Å²) >= 11 is -0.826. The molecule has 0 saturated carbocycles. The molecule has 4 aromatic carbocycles. The molecule has 0 aliphatic carbocycles.